The van der Waals surface area contributed by atoms with Crippen LogP contribution in [-0.4, -0.2) is 130 Å². The fourth-order valence-corrected chi connectivity index (χ4v) is 9.00. The number of fused-ring (bicyclic) bond motifs is 2. The molecule has 2 atom stereocenters. The lowest BCUT2D eigenvalue weighted by Crippen LogP contribution is -2.56. The molecular weight excluding hydrogens is 865 g/mol. The normalized spacial score (nSPS) is 15.2. The molecule has 2 fully saturated rings. The summed E-state index contributed by atoms with van der Waals surface area (Å²) in [6.07, 6.45) is 1.96. The maximum absolute atomic E-state index is 13.5. The first-order chi connectivity index (χ1) is 32.5. The second-order valence-corrected chi connectivity index (χ2v) is 19.1. The van der Waals surface area contributed by atoms with Gasteiger partial charge in [-0.3, -0.25) is 19.4 Å². The van der Waals surface area contributed by atoms with Gasteiger partial charge in [0.1, 0.15) is 12.1 Å². The molecule has 0 unspecified atom stereocenters. The number of ether oxygens (including phenoxy) is 2. The molecule has 0 aliphatic carbocycles. The summed E-state index contributed by atoms with van der Waals surface area (Å²) in [5, 5.41) is 27.9. The molecule has 6 aromatic rings. The maximum atomic E-state index is 13.5. The van der Waals surface area contributed by atoms with Gasteiger partial charge >= 0.3 is 12.2 Å². The van der Waals surface area contributed by atoms with E-state index in [1.165, 1.54) is 9.80 Å². The third-order valence-electron chi connectivity index (χ3n) is 12.3. The van der Waals surface area contributed by atoms with Crippen molar-refractivity contribution in [2.45, 2.75) is 77.5 Å². The third kappa shape index (κ3) is 11.9. The molecule has 16 nitrogen and oxygen atoms in total. The van der Waals surface area contributed by atoms with Crippen LogP contribution in [0.15, 0.2) is 109 Å². The van der Waals surface area contributed by atoms with Gasteiger partial charge in [0.25, 0.3) is 0 Å². The van der Waals surface area contributed by atoms with Crippen LogP contribution in [0.3, 0.4) is 0 Å². The Bertz CT molecular complexity index is 2470. The van der Waals surface area contributed by atoms with E-state index in [1.54, 1.807) is 41.5 Å². The minimum atomic E-state index is -1.13. The first-order valence-corrected chi connectivity index (χ1v) is 23.1. The van der Waals surface area contributed by atoms with Crippen LogP contribution in [0.2, 0.25) is 0 Å². The lowest BCUT2D eigenvalue weighted by Gasteiger charge is -2.38. The number of benzene rings is 4. The lowest BCUT2D eigenvalue weighted by atomic mass is 9.97. The molecule has 0 bridgehead atoms. The Hall–Kier alpha value is -7.04. The van der Waals surface area contributed by atoms with Crippen LogP contribution in [0.5, 0.6) is 0 Å². The van der Waals surface area contributed by atoms with Gasteiger partial charge in [0, 0.05) is 107 Å². The number of aromatic nitrogens is 2. The van der Waals surface area contributed by atoms with Gasteiger partial charge in [-0.1, -0.05) is 36.4 Å². The van der Waals surface area contributed by atoms with Gasteiger partial charge in [-0.05, 0) is 113 Å². The van der Waals surface area contributed by atoms with Crippen LogP contribution in [0.1, 0.15) is 52.7 Å². The molecule has 2 aromatic heterocycles. The molecule has 4 aromatic carbocycles. The molecule has 4 heterocycles. The van der Waals surface area contributed by atoms with Gasteiger partial charge in [0.05, 0.1) is 26.4 Å². The largest absolute Gasteiger partial charge is 0.465 e. The number of H-pyrrole nitrogens is 2. The molecule has 2 aliphatic rings. The maximum Gasteiger partial charge on any atom is 0.408 e. The minimum absolute atomic E-state index is 0.255. The van der Waals surface area contributed by atoms with E-state index >= 15 is 0 Å². The Morgan fingerprint density at radius 1 is 0.559 bits per heavy atom. The first-order valence-electron chi connectivity index (χ1n) is 23.1. The quantitative estimate of drug-likeness (QED) is 0.0691. The average molecular weight is 929 g/mol. The van der Waals surface area contributed by atoms with Crippen molar-refractivity contribution in [1.82, 2.24) is 19.8 Å². The standard InChI is InChI=1S/2C26H32N4O4/c2*1-26(2,3)30(25(32)33)23(16-18-17-27-22-7-5-4-6-21(18)22)24(31)28-19-8-10-20(11-9-19)29-12-14-34-15-13-29/h2*4-11,17,23,27H,12-16H2,1-3H3,(H,28,31)(H,32,33)/t2*23-/m00/s1. The monoisotopic (exact) mass is 928 g/mol. The number of carbonyl (C=O) groups is 4. The van der Waals surface area contributed by atoms with E-state index in [2.05, 4.69) is 30.4 Å². The molecule has 4 amide bonds. The van der Waals surface area contributed by atoms with Crippen LogP contribution < -0.4 is 20.4 Å². The Morgan fingerprint density at radius 3 is 1.22 bits per heavy atom. The van der Waals surface area contributed by atoms with Crippen molar-refractivity contribution in [1.29, 1.82) is 0 Å². The van der Waals surface area contributed by atoms with Gasteiger partial charge in [0.15, 0.2) is 0 Å². The summed E-state index contributed by atoms with van der Waals surface area (Å²) in [4.78, 5) is 64.9. The van der Waals surface area contributed by atoms with Crippen molar-refractivity contribution < 1.29 is 38.9 Å². The van der Waals surface area contributed by atoms with Crippen LogP contribution in [0.25, 0.3) is 21.8 Å². The zero-order chi connectivity index (χ0) is 48.6. The predicted molar refractivity (Wildman–Crippen MR) is 267 cm³/mol. The highest BCUT2D eigenvalue weighted by molar-refractivity contribution is 5.98. The van der Waals surface area contributed by atoms with Crippen molar-refractivity contribution in [2.75, 3.05) is 73.0 Å². The van der Waals surface area contributed by atoms with E-state index in [-0.39, 0.29) is 24.7 Å². The molecule has 16 heteroatoms. The fourth-order valence-electron chi connectivity index (χ4n) is 9.00. The van der Waals surface area contributed by atoms with Crippen molar-refractivity contribution in [3.05, 3.63) is 121 Å². The zero-order valence-corrected chi connectivity index (χ0v) is 39.8. The molecule has 2 aliphatic heterocycles. The summed E-state index contributed by atoms with van der Waals surface area (Å²) in [5.41, 5.74) is 5.57. The molecule has 0 spiro atoms. The molecule has 0 radical (unpaired) electrons. The number of hydrogen-bond donors (Lipinski definition) is 6. The van der Waals surface area contributed by atoms with Crippen LogP contribution in [0.4, 0.5) is 32.3 Å². The number of para-hydroxylation sites is 2. The first kappa shape index (κ1) is 48.9. The number of anilines is 4. The van der Waals surface area contributed by atoms with Crippen LogP contribution in [0, 0.1) is 0 Å². The Balaban J connectivity index is 0.000000201. The Kier molecular flexibility index (Phi) is 15.3. The summed E-state index contributed by atoms with van der Waals surface area (Å²) < 4.78 is 10.8. The van der Waals surface area contributed by atoms with Crippen molar-refractivity contribution >= 4 is 68.6 Å². The highest BCUT2D eigenvalue weighted by Crippen LogP contribution is 2.29. The number of nitrogens with one attached hydrogen (secondary N) is 4. The summed E-state index contributed by atoms with van der Waals surface area (Å²) in [5.74, 6) is -0.719. The fraction of sp³-hybridized carbons (Fsp3) is 0.385. The molecule has 68 heavy (non-hydrogen) atoms. The van der Waals surface area contributed by atoms with E-state index in [0.717, 1.165) is 70.5 Å². The molecule has 8 rings (SSSR count). The molecule has 0 saturated carbocycles. The summed E-state index contributed by atoms with van der Waals surface area (Å²) in [6, 6.07) is 29.1. The van der Waals surface area contributed by atoms with Gasteiger partial charge in [-0.25, -0.2) is 9.59 Å². The SMILES string of the molecule is CC(C)(C)N(C(=O)O)[C@@H](Cc1c[nH]c2ccccc12)C(=O)Nc1ccc(N2CCOCC2)cc1.CC(C)(C)N(C(=O)O)[C@@H](Cc1c[nH]c2ccccc12)C(=O)Nc1ccc(N2CCOCC2)cc1. The molecule has 6 N–H and O–H groups in total. The number of nitrogens with zero attached hydrogens (tertiary/aromatic N) is 4. The van der Waals surface area contributed by atoms with Gasteiger partial charge in [-0.15, -0.1) is 0 Å². The highest BCUT2D eigenvalue weighted by Gasteiger charge is 2.39. The predicted octanol–water partition coefficient (Wildman–Crippen LogP) is 8.67. The Labute approximate surface area is 397 Å². The summed E-state index contributed by atoms with van der Waals surface area (Å²) in [6.45, 7) is 16.9. The summed E-state index contributed by atoms with van der Waals surface area (Å²) in [7, 11) is 0. The smallest absolute Gasteiger partial charge is 0.408 e. The average Bonchev–Trinajstić information content (AvgIpc) is 3.92. The topological polar surface area (TPSA) is 196 Å². The van der Waals surface area contributed by atoms with E-state index in [1.807, 2.05) is 109 Å². The number of carboxylic acid groups (broad SMARTS) is 2. The summed E-state index contributed by atoms with van der Waals surface area (Å²) >= 11 is 0. The van der Waals surface area contributed by atoms with Crippen molar-refractivity contribution in [2.24, 2.45) is 0 Å². The highest BCUT2D eigenvalue weighted by atomic mass is 16.5. The van der Waals surface area contributed by atoms with E-state index < -0.39 is 35.3 Å². The molecule has 360 valence electrons. The number of amides is 4. The second-order valence-electron chi connectivity index (χ2n) is 19.1. The number of aromatic amines is 2. The van der Waals surface area contributed by atoms with Crippen LogP contribution >= 0.6 is 0 Å². The van der Waals surface area contributed by atoms with E-state index in [9.17, 15) is 29.4 Å². The molecule has 2 saturated heterocycles. The molecular formula is C52H64N8O8. The van der Waals surface area contributed by atoms with Gasteiger partial charge in [0.2, 0.25) is 11.8 Å². The van der Waals surface area contributed by atoms with E-state index in [4.69, 9.17) is 9.47 Å². The number of hydrogen-bond acceptors (Lipinski definition) is 8. The minimum Gasteiger partial charge on any atom is -0.465 e. The second kappa shape index (κ2) is 21.3. The van der Waals surface area contributed by atoms with Crippen molar-refractivity contribution in [3.8, 4) is 0 Å². The Morgan fingerprint density at radius 2 is 0.897 bits per heavy atom. The van der Waals surface area contributed by atoms with Gasteiger partial charge < -0.3 is 50.1 Å². The van der Waals surface area contributed by atoms with Crippen LogP contribution in [-0.2, 0) is 31.9 Å². The number of carbonyl (C=O) groups excluding carboxylic acids is 2. The number of rotatable bonds is 12. The van der Waals surface area contributed by atoms with E-state index in [0.29, 0.717) is 37.8 Å². The van der Waals surface area contributed by atoms with Crippen molar-refractivity contribution in [3.63, 3.8) is 0 Å². The lowest BCUT2D eigenvalue weighted by molar-refractivity contribution is -0.123. The zero-order valence-electron chi connectivity index (χ0n) is 39.8. The third-order valence-corrected chi connectivity index (χ3v) is 12.3. The number of morpholine rings is 2. The van der Waals surface area contributed by atoms with Gasteiger partial charge in [-0.2, -0.15) is 0 Å².